The SMILES string of the molecule is CC/C=C\C1C(C)CC2C(C)C(C)C(C)C12. The fourth-order valence-electron chi connectivity index (χ4n) is 4.54. The van der Waals surface area contributed by atoms with Crippen LogP contribution in [0.5, 0.6) is 0 Å². The summed E-state index contributed by atoms with van der Waals surface area (Å²) in [6.45, 7) is 12.2. The van der Waals surface area contributed by atoms with Crippen molar-refractivity contribution in [1.29, 1.82) is 0 Å². The van der Waals surface area contributed by atoms with Crippen LogP contribution in [0.2, 0.25) is 0 Å². The average molecular weight is 220 g/mol. The summed E-state index contributed by atoms with van der Waals surface area (Å²) in [7, 11) is 0. The molecular formula is C16H28. The van der Waals surface area contributed by atoms with Crippen molar-refractivity contribution in [2.45, 2.75) is 47.5 Å². The Hall–Kier alpha value is -0.260. The van der Waals surface area contributed by atoms with Gasteiger partial charge >= 0.3 is 0 Å². The van der Waals surface area contributed by atoms with E-state index in [1.54, 1.807) is 0 Å². The van der Waals surface area contributed by atoms with Gasteiger partial charge in [0, 0.05) is 0 Å². The first-order chi connectivity index (χ1) is 7.57. The Balaban J connectivity index is 2.19. The molecule has 0 spiro atoms. The van der Waals surface area contributed by atoms with E-state index >= 15 is 0 Å². The first-order valence-electron chi connectivity index (χ1n) is 7.24. The van der Waals surface area contributed by atoms with E-state index in [-0.39, 0.29) is 0 Å². The van der Waals surface area contributed by atoms with E-state index in [2.05, 4.69) is 46.8 Å². The van der Waals surface area contributed by atoms with Crippen molar-refractivity contribution in [2.75, 3.05) is 0 Å². The maximum atomic E-state index is 2.54. The summed E-state index contributed by atoms with van der Waals surface area (Å²) in [4.78, 5) is 0. The molecule has 7 unspecified atom stereocenters. The van der Waals surface area contributed by atoms with Crippen LogP contribution in [0.1, 0.15) is 47.5 Å². The van der Waals surface area contributed by atoms with Crippen molar-refractivity contribution in [2.24, 2.45) is 41.4 Å². The molecule has 0 aromatic rings. The van der Waals surface area contributed by atoms with Crippen LogP contribution in [0, 0.1) is 41.4 Å². The molecule has 0 aromatic heterocycles. The summed E-state index contributed by atoms with van der Waals surface area (Å²) in [5.74, 6) is 6.57. The molecule has 0 aromatic carbocycles. The third-order valence-electron chi connectivity index (χ3n) is 5.78. The molecule has 0 heterocycles. The van der Waals surface area contributed by atoms with Gasteiger partial charge in [-0.2, -0.15) is 0 Å². The van der Waals surface area contributed by atoms with Gasteiger partial charge in [0.05, 0.1) is 0 Å². The zero-order chi connectivity index (χ0) is 11.9. The Kier molecular flexibility index (Phi) is 3.47. The van der Waals surface area contributed by atoms with E-state index in [0.29, 0.717) is 0 Å². The lowest BCUT2D eigenvalue weighted by Crippen LogP contribution is -2.19. The molecule has 7 atom stereocenters. The van der Waals surface area contributed by atoms with Crippen molar-refractivity contribution >= 4 is 0 Å². The highest BCUT2D eigenvalue weighted by molar-refractivity contribution is 5.07. The first kappa shape index (κ1) is 12.2. The lowest BCUT2D eigenvalue weighted by molar-refractivity contribution is 0.271. The Morgan fingerprint density at radius 1 is 1.00 bits per heavy atom. The first-order valence-corrected chi connectivity index (χ1v) is 7.24. The molecule has 0 bridgehead atoms. The molecule has 0 heteroatoms. The number of fused-ring (bicyclic) bond motifs is 1. The van der Waals surface area contributed by atoms with Crippen LogP contribution in [-0.4, -0.2) is 0 Å². The van der Waals surface area contributed by atoms with Crippen molar-refractivity contribution in [3.8, 4) is 0 Å². The third-order valence-corrected chi connectivity index (χ3v) is 5.78. The Bertz CT molecular complexity index is 265. The molecule has 92 valence electrons. The Labute approximate surface area is 102 Å². The zero-order valence-corrected chi connectivity index (χ0v) is 11.6. The van der Waals surface area contributed by atoms with Gasteiger partial charge in [-0.25, -0.2) is 0 Å². The van der Waals surface area contributed by atoms with Gasteiger partial charge in [-0.05, 0) is 54.3 Å². The summed E-state index contributed by atoms with van der Waals surface area (Å²) >= 11 is 0. The van der Waals surface area contributed by atoms with E-state index in [1.807, 2.05) is 0 Å². The number of hydrogen-bond donors (Lipinski definition) is 0. The largest absolute Gasteiger partial charge is 0.0885 e. The van der Waals surface area contributed by atoms with Crippen LogP contribution in [0.25, 0.3) is 0 Å². The summed E-state index contributed by atoms with van der Waals surface area (Å²) in [6.07, 6.45) is 7.60. The highest BCUT2D eigenvalue weighted by atomic mass is 14.6. The van der Waals surface area contributed by atoms with E-state index in [1.165, 1.54) is 12.8 Å². The predicted octanol–water partition coefficient (Wildman–Crippen LogP) is 4.76. The summed E-state index contributed by atoms with van der Waals surface area (Å²) in [6, 6.07) is 0. The molecule has 2 fully saturated rings. The Morgan fingerprint density at radius 2 is 1.69 bits per heavy atom. The highest BCUT2D eigenvalue weighted by Crippen LogP contribution is 2.58. The number of hydrogen-bond acceptors (Lipinski definition) is 0. The molecule has 2 aliphatic carbocycles. The second-order valence-electron chi connectivity index (χ2n) is 6.45. The summed E-state index contributed by atoms with van der Waals surface area (Å²) < 4.78 is 0. The Morgan fingerprint density at radius 3 is 2.31 bits per heavy atom. The topological polar surface area (TPSA) is 0 Å². The zero-order valence-electron chi connectivity index (χ0n) is 11.6. The number of allylic oxidation sites excluding steroid dienone is 2. The van der Waals surface area contributed by atoms with Crippen LogP contribution >= 0.6 is 0 Å². The molecule has 0 N–H and O–H groups in total. The molecule has 2 aliphatic rings. The second kappa shape index (κ2) is 4.55. The maximum absolute atomic E-state index is 2.54. The monoisotopic (exact) mass is 220 g/mol. The third kappa shape index (κ3) is 1.75. The molecule has 0 saturated heterocycles. The minimum absolute atomic E-state index is 0.868. The van der Waals surface area contributed by atoms with Crippen LogP contribution in [-0.2, 0) is 0 Å². The smallest absolute Gasteiger partial charge is 0.0174 e. The molecule has 0 amide bonds. The lowest BCUT2D eigenvalue weighted by Gasteiger charge is -2.25. The van der Waals surface area contributed by atoms with Crippen molar-refractivity contribution < 1.29 is 0 Å². The van der Waals surface area contributed by atoms with Crippen molar-refractivity contribution in [3.05, 3.63) is 12.2 Å². The molecule has 2 saturated carbocycles. The standard InChI is InChI=1S/C16H28/c1-6-7-8-14-10(2)9-15-12(4)11(3)13(5)16(14)15/h7-8,10-16H,6,9H2,1-5H3/b8-7-. The minimum atomic E-state index is 0.868. The van der Waals surface area contributed by atoms with Gasteiger partial charge < -0.3 is 0 Å². The van der Waals surface area contributed by atoms with Gasteiger partial charge in [0.25, 0.3) is 0 Å². The van der Waals surface area contributed by atoms with Gasteiger partial charge in [-0.15, -0.1) is 0 Å². The van der Waals surface area contributed by atoms with Crippen LogP contribution < -0.4 is 0 Å². The molecule has 0 radical (unpaired) electrons. The van der Waals surface area contributed by atoms with Gasteiger partial charge in [-0.3, -0.25) is 0 Å². The summed E-state index contributed by atoms with van der Waals surface area (Å²) in [5.41, 5.74) is 0. The van der Waals surface area contributed by atoms with Gasteiger partial charge in [0.1, 0.15) is 0 Å². The van der Waals surface area contributed by atoms with Gasteiger partial charge in [-0.1, -0.05) is 46.8 Å². The molecule has 16 heavy (non-hydrogen) atoms. The molecule has 2 rings (SSSR count). The fourth-order valence-corrected chi connectivity index (χ4v) is 4.54. The fraction of sp³-hybridized carbons (Fsp3) is 0.875. The second-order valence-corrected chi connectivity index (χ2v) is 6.45. The maximum Gasteiger partial charge on any atom is -0.0174 e. The van der Waals surface area contributed by atoms with E-state index < -0.39 is 0 Å². The van der Waals surface area contributed by atoms with Crippen LogP contribution in [0.15, 0.2) is 12.2 Å². The van der Waals surface area contributed by atoms with Crippen molar-refractivity contribution in [3.63, 3.8) is 0 Å². The predicted molar refractivity (Wildman–Crippen MR) is 71.2 cm³/mol. The lowest BCUT2D eigenvalue weighted by atomic mass is 9.80. The molecular weight excluding hydrogens is 192 g/mol. The average Bonchev–Trinajstić information content (AvgIpc) is 2.69. The highest BCUT2D eigenvalue weighted by Gasteiger charge is 2.52. The quantitative estimate of drug-likeness (QED) is 0.588. The van der Waals surface area contributed by atoms with Gasteiger partial charge in [0.15, 0.2) is 0 Å². The molecule has 0 nitrogen and oxygen atoms in total. The van der Waals surface area contributed by atoms with Gasteiger partial charge in [0.2, 0.25) is 0 Å². The summed E-state index contributed by atoms with van der Waals surface area (Å²) in [5, 5.41) is 0. The van der Waals surface area contributed by atoms with Crippen LogP contribution in [0.4, 0.5) is 0 Å². The minimum Gasteiger partial charge on any atom is -0.0885 e. The van der Waals surface area contributed by atoms with Crippen molar-refractivity contribution in [1.82, 2.24) is 0 Å². The van der Waals surface area contributed by atoms with E-state index in [9.17, 15) is 0 Å². The molecule has 0 aliphatic heterocycles. The number of rotatable bonds is 2. The van der Waals surface area contributed by atoms with E-state index in [4.69, 9.17) is 0 Å². The van der Waals surface area contributed by atoms with Crippen LogP contribution in [0.3, 0.4) is 0 Å². The van der Waals surface area contributed by atoms with E-state index in [0.717, 1.165) is 41.4 Å². The normalized spacial score (nSPS) is 52.4.